The highest BCUT2D eigenvalue weighted by Gasteiger charge is 2.22. The molecule has 7 nitrogen and oxygen atoms in total. The van der Waals surface area contributed by atoms with Gasteiger partial charge in [-0.15, -0.1) is 0 Å². The minimum atomic E-state index is -0.560. The van der Waals surface area contributed by atoms with E-state index in [9.17, 15) is 14.4 Å². The van der Waals surface area contributed by atoms with Gasteiger partial charge in [0.15, 0.2) is 0 Å². The lowest BCUT2D eigenvalue weighted by molar-refractivity contribution is -0.132. The molecule has 0 bridgehead atoms. The highest BCUT2D eigenvalue weighted by Crippen LogP contribution is 2.23. The Labute approximate surface area is 145 Å². The van der Waals surface area contributed by atoms with Crippen LogP contribution in [0.4, 0.5) is 5.69 Å². The van der Waals surface area contributed by atoms with Gasteiger partial charge in [-0.25, -0.2) is 4.79 Å². The van der Waals surface area contributed by atoms with Crippen LogP contribution in [0.3, 0.4) is 0 Å². The van der Waals surface area contributed by atoms with Crippen LogP contribution in [0.15, 0.2) is 40.1 Å². The predicted octanol–water partition coefficient (Wildman–Crippen LogP) is 0.502. The number of aryl methyl sites for hydroxylation is 1. The van der Waals surface area contributed by atoms with Crippen molar-refractivity contribution in [2.45, 2.75) is 20.4 Å². The number of nitrogens with zero attached hydrogens (tertiary/aromatic N) is 3. The minimum absolute atomic E-state index is 0.0565. The van der Waals surface area contributed by atoms with E-state index in [1.54, 1.807) is 4.90 Å². The average Bonchev–Trinajstić information content (AvgIpc) is 2.60. The third-order valence-corrected chi connectivity index (χ3v) is 4.75. The second kappa shape index (κ2) is 6.96. The molecule has 3 rings (SSSR count). The normalized spacial score (nSPS) is 14.6. The van der Waals surface area contributed by atoms with Gasteiger partial charge in [-0.3, -0.25) is 19.1 Å². The molecule has 1 aromatic carbocycles. The number of H-pyrrole nitrogens is 1. The molecule has 0 unspecified atom stereocenters. The first-order valence-corrected chi connectivity index (χ1v) is 8.34. The number of aromatic amines is 1. The molecule has 2 heterocycles. The topological polar surface area (TPSA) is 78.4 Å². The first-order valence-electron chi connectivity index (χ1n) is 8.34. The standard InChI is InChI=1S/C18H22N4O3/c1-13-4-3-5-15(14(13)2)20-8-10-21(11-9-20)17(24)12-22-7-6-16(23)19-18(22)25/h3-7H,8-12H2,1-2H3,(H,19,23,25). The smallest absolute Gasteiger partial charge is 0.328 e. The molecule has 1 aromatic heterocycles. The number of piperazine rings is 1. The molecule has 1 aliphatic heterocycles. The van der Waals surface area contributed by atoms with Crippen molar-refractivity contribution in [3.63, 3.8) is 0 Å². The van der Waals surface area contributed by atoms with E-state index < -0.39 is 11.2 Å². The second-order valence-electron chi connectivity index (χ2n) is 6.32. The number of anilines is 1. The Morgan fingerprint density at radius 2 is 1.80 bits per heavy atom. The number of nitrogens with one attached hydrogen (secondary N) is 1. The van der Waals surface area contributed by atoms with Crippen LogP contribution in [-0.4, -0.2) is 46.5 Å². The summed E-state index contributed by atoms with van der Waals surface area (Å²) in [5.41, 5.74) is 2.71. The largest absolute Gasteiger partial charge is 0.368 e. The molecule has 132 valence electrons. The molecule has 1 saturated heterocycles. The molecular weight excluding hydrogens is 320 g/mol. The molecule has 0 spiro atoms. The van der Waals surface area contributed by atoms with Crippen LogP contribution in [0.1, 0.15) is 11.1 Å². The van der Waals surface area contributed by atoms with Gasteiger partial charge in [0, 0.05) is 44.1 Å². The van der Waals surface area contributed by atoms with Crippen molar-refractivity contribution in [1.82, 2.24) is 14.5 Å². The van der Waals surface area contributed by atoms with E-state index >= 15 is 0 Å². The van der Waals surface area contributed by atoms with E-state index in [1.807, 2.05) is 0 Å². The molecule has 0 aliphatic carbocycles. The summed E-state index contributed by atoms with van der Waals surface area (Å²) in [5, 5.41) is 0. The molecule has 1 N–H and O–H groups in total. The van der Waals surface area contributed by atoms with Crippen molar-refractivity contribution in [2.24, 2.45) is 0 Å². The molecule has 1 aliphatic rings. The van der Waals surface area contributed by atoms with Crippen molar-refractivity contribution < 1.29 is 4.79 Å². The number of rotatable bonds is 3. The average molecular weight is 342 g/mol. The zero-order chi connectivity index (χ0) is 18.0. The third-order valence-electron chi connectivity index (χ3n) is 4.75. The van der Waals surface area contributed by atoms with Crippen LogP contribution >= 0.6 is 0 Å². The van der Waals surface area contributed by atoms with E-state index in [0.29, 0.717) is 13.1 Å². The van der Waals surface area contributed by atoms with Crippen LogP contribution in [0.5, 0.6) is 0 Å². The highest BCUT2D eigenvalue weighted by atomic mass is 16.2. The van der Waals surface area contributed by atoms with Crippen LogP contribution in [0, 0.1) is 13.8 Å². The quantitative estimate of drug-likeness (QED) is 0.881. The van der Waals surface area contributed by atoms with Crippen molar-refractivity contribution in [2.75, 3.05) is 31.1 Å². The lowest BCUT2D eigenvalue weighted by Gasteiger charge is -2.37. The molecule has 7 heteroatoms. The molecule has 25 heavy (non-hydrogen) atoms. The fourth-order valence-electron chi connectivity index (χ4n) is 3.09. The summed E-state index contributed by atoms with van der Waals surface area (Å²) in [5.74, 6) is -0.116. The van der Waals surface area contributed by atoms with Gasteiger partial charge < -0.3 is 9.80 Å². The Kier molecular flexibility index (Phi) is 4.74. The number of hydrogen-bond acceptors (Lipinski definition) is 4. The van der Waals surface area contributed by atoms with Gasteiger partial charge in [-0.2, -0.15) is 0 Å². The number of carbonyl (C=O) groups excluding carboxylic acids is 1. The fourth-order valence-corrected chi connectivity index (χ4v) is 3.09. The van der Waals surface area contributed by atoms with Crippen molar-refractivity contribution >= 4 is 11.6 Å². The SMILES string of the molecule is Cc1cccc(N2CCN(C(=O)Cn3ccc(=O)[nH]c3=O)CC2)c1C. The number of carbonyl (C=O) groups is 1. The van der Waals surface area contributed by atoms with Gasteiger partial charge in [-0.05, 0) is 31.0 Å². The van der Waals surface area contributed by atoms with Crippen LogP contribution in [-0.2, 0) is 11.3 Å². The van der Waals surface area contributed by atoms with E-state index in [2.05, 4.69) is 41.9 Å². The first-order chi connectivity index (χ1) is 12.0. The van der Waals surface area contributed by atoms with E-state index in [0.717, 1.165) is 13.1 Å². The van der Waals surface area contributed by atoms with Gasteiger partial charge in [0.1, 0.15) is 6.54 Å². The number of hydrogen-bond donors (Lipinski definition) is 1. The molecular formula is C18H22N4O3. The van der Waals surface area contributed by atoms with E-state index in [4.69, 9.17) is 0 Å². The maximum absolute atomic E-state index is 12.4. The summed E-state index contributed by atoms with van der Waals surface area (Å²) < 4.78 is 1.22. The predicted molar refractivity (Wildman–Crippen MR) is 96.0 cm³/mol. The highest BCUT2D eigenvalue weighted by molar-refractivity contribution is 5.76. The second-order valence-corrected chi connectivity index (χ2v) is 6.32. The van der Waals surface area contributed by atoms with Gasteiger partial charge in [0.25, 0.3) is 5.56 Å². The number of benzene rings is 1. The molecule has 1 amide bonds. The van der Waals surface area contributed by atoms with Gasteiger partial charge >= 0.3 is 5.69 Å². The monoisotopic (exact) mass is 342 g/mol. The molecule has 0 saturated carbocycles. The zero-order valence-electron chi connectivity index (χ0n) is 14.5. The maximum Gasteiger partial charge on any atom is 0.328 e. The summed E-state index contributed by atoms with van der Waals surface area (Å²) in [6, 6.07) is 7.51. The first kappa shape index (κ1) is 17.0. The summed E-state index contributed by atoms with van der Waals surface area (Å²) >= 11 is 0. The molecule has 0 radical (unpaired) electrons. The Morgan fingerprint density at radius 1 is 1.08 bits per heavy atom. The summed E-state index contributed by atoms with van der Waals surface area (Å²) in [6.07, 6.45) is 1.35. The molecule has 1 fully saturated rings. The fraction of sp³-hybridized carbons (Fsp3) is 0.389. The van der Waals surface area contributed by atoms with Gasteiger partial charge in [0.05, 0.1) is 0 Å². The number of amides is 1. The third kappa shape index (κ3) is 3.65. The molecule has 2 aromatic rings. The lowest BCUT2D eigenvalue weighted by atomic mass is 10.1. The van der Waals surface area contributed by atoms with Gasteiger partial charge in [0.2, 0.25) is 5.91 Å². The van der Waals surface area contributed by atoms with Crippen molar-refractivity contribution in [1.29, 1.82) is 0 Å². The van der Waals surface area contributed by atoms with Crippen molar-refractivity contribution in [3.8, 4) is 0 Å². The maximum atomic E-state index is 12.4. The van der Waals surface area contributed by atoms with Crippen LogP contribution < -0.4 is 16.1 Å². The van der Waals surface area contributed by atoms with Crippen molar-refractivity contribution in [3.05, 3.63) is 62.4 Å². The van der Waals surface area contributed by atoms with E-state index in [-0.39, 0.29) is 12.5 Å². The Morgan fingerprint density at radius 3 is 2.48 bits per heavy atom. The summed E-state index contributed by atoms with van der Waals surface area (Å²) in [7, 11) is 0. The van der Waals surface area contributed by atoms with Gasteiger partial charge in [-0.1, -0.05) is 12.1 Å². The Balaban J connectivity index is 1.64. The Hall–Kier alpha value is -2.83. The van der Waals surface area contributed by atoms with Crippen LogP contribution in [0.2, 0.25) is 0 Å². The Bertz CT molecular complexity index is 892. The molecule has 0 atom stereocenters. The van der Waals surface area contributed by atoms with Crippen LogP contribution in [0.25, 0.3) is 0 Å². The summed E-state index contributed by atoms with van der Waals surface area (Å²) in [4.78, 5) is 41.4. The lowest BCUT2D eigenvalue weighted by Crippen LogP contribution is -2.50. The zero-order valence-corrected chi connectivity index (χ0v) is 14.5. The summed E-state index contributed by atoms with van der Waals surface area (Å²) in [6.45, 7) is 6.91. The number of aromatic nitrogens is 2. The van der Waals surface area contributed by atoms with E-state index in [1.165, 1.54) is 33.6 Å². The minimum Gasteiger partial charge on any atom is -0.368 e.